The highest BCUT2D eigenvalue weighted by Crippen LogP contribution is 2.29. The van der Waals surface area contributed by atoms with Crippen molar-refractivity contribution >= 4 is 5.91 Å². The van der Waals surface area contributed by atoms with Crippen LogP contribution in [0.1, 0.15) is 40.0 Å². The summed E-state index contributed by atoms with van der Waals surface area (Å²) in [5, 5.41) is 11.9. The van der Waals surface area contributed by atoms with Crippen LogP contribution in [0.15, 0.2) is 0 Å². The van der Waals surface area contributed by atoms with Crippen LogP contribution < -0.4 is 5.32 Å². The molecule has 1 amide bonds. The fraction of sp³-hybridized carbons (Fsp3) is 0.846. The fourth-order valence-electron chi connectivity index (χ4n) is 2.04. The zero-order valence-corrected chi connectivity index (χ0v) is 11.1. The van der Waals surface area contributed by atoms with Gasteiger partial charge in [0.1, 0.15) is 0 Å². The van der Waals surface area contributed by atoms with Crippen LogP contribution in [0.2, 0.25) is 0 Å². The maximum Gasteiger partial charge on any atom is 0.221 e. The lowest BCUT2D eigenvalue weighted by atomic mass is 9.82. The molecule has 0 aromatic carbocycles. The van der Waals surface area contributed by atoms with Gasteiger partial charge in [-0.1, -0.05) is 0 Å². The second kappa shape index (κ2) is 6.02. The first-order valence-corrected chi connectivity index (χ1v) is 6.38. The van der Waals surface area contributed by atoms with Gasteiger partial charge in [-0.25, -0.2) is 0 Å². The molecule has 0 bridgehead atoms. The summed E-state index contributed by atoms with van der Waals surface area (Å²) in [6, 6.07) is 2.60. The Morgan fingerprint density at radius 1 is 1.47 bits per heavy atom. The molecule has 4 nitrogen and oxygen atoms in total. The smallest absolute Gasteiger partial charge is 0.221 e. The van der Waals surface area contributed by atoms with Crippen LogP contribution in [0, 0.1) is 16.7 Å². The predicted molar refractivity (Wildman–Crippen MR) is 67.3 cm³/mol. The zero-order chi connectivity index (χ0) is 12.9. The fourth-order valence-corrected chi connectivity index (χ4v) is 2.04. The van der Waals surface area contributed by atoms with Crippen molar-refractivity contribution in [2.24, 2.45) is 5.41 Å². The molecule has 1 aliphatic heterocycles. The molecule has 0 saturated carbocycles. The first kappa shape index (κ1) is 14.0. The third kappa shape index (κ3) is 4.74. The third-order valence-corrected chi connectivity index (χ3v) is 3.33. The number of likely N-dealkylation sites (tertiary alicyclic amines) is 1. The maximum absolute atomic E-state index is 11.5. The van der Waals surface area contributed by atoms with Crippen molar-refractivity contribution in [3.63, 3.8) is 0 Å². The van der Waals surface area contributed by atoms with Crippen LogP contribution >= 0.6 is 0 Å². The minimum absolute atomic E-state index is 0.119. The van der Waals surface area contributed by atoms with Gasteiger partial charge < -0.3 is 10.2 Å². The lowest BCUT2D eigenvalue weighted by Crippen LogP contribution is -2.40. The molecule has 17 heavy (non-hydrogen) atoms. The molecule has 0 unspecified atom stereocenters. The molecule has 4 heteroatoms. The van der Waals surface area contributed by atoms with E-state index in [0.717, 1.165) is 32.5 Å². The largest absolute Gasteiger partial charge is 0.354 e. The summed E-state index contributed by atoms with van der Waals surface area (Å²) in [6.45, 7) is 8.63. The van der Waals surface area contributed by atoms with Crippen LogP contribution in [0.25, 0.3) is 0 Å². The number of nitrogens with zero attached hydrogens (tertiary/aromatic N) is 2. The van der Waals surface area contributed by atoms with Crippen molar-refractivity contribution < 1.29 is 4.79 Å². The van der Waals surface area contributed by atoms with Gasteiger partial charge in [0.25, 0.3) is 0 Å². The number of carbonyl (C=O) groups is 1. The normalized spacial score (nSPS) is 19.9. The predicted octanol–water partition coefficient (Wildman–Crippen LogP) is 1.53. The summed E-state index contributed by atoms with van der Waals surface area (Å²) < 4.78 is 0. The Morgan fingerprint density at radius 2 is 2.06 bits per heavy atom. The molecule has 96 valence electrons. The Labute approximate surface area is 104 Å². The monoisotopic (exact) mass is 237 g/mol. The molecule has 1 saturated heterocycles. The van der Waals surface area contributed by atoms with Crippen molar-refractivity contribution in [1.82, 2.24) is 10.2 Å². The second-order valence-electron chi connectivity index (χ2n) is 5.49. The molecule has 0 atom stereocenters. The minimum atomic E-state index is -0.156. The van der Waals surface area contributed by atoms with Crippen LogP contribution in [0.4, 0.5) is 0 Å². The Kier molecular flexibility index (Phi) is 4.95. The molecule has 1 rings (SSSR count). The van der Waals surface area contributed by atoms with Gasteiger partial charge in [0.2, 0.25) is 5.91 Å². The van der Waals surface area contributed by atoms with Gasteiger partial charge in [0, 0.05) is 19.0 Å². The summed E-state index contributed by atoms with van der Waals surface area (Å²) in [5.41, 5.74) is -0.156. The number of rotatable bonds is 4. The second-order valence-corrected chi connectivity index (χ2v) is 5.49. The van der Waals surface area contributed by atoms with E-state index in [1.807, 2.05) is 20.8 Å². The van der Waals surface area contributed by atoms with Gasteiger partial charge in [0.15, 0.2) is 0 Å². The van der Waals surface area contributed by atoms with E-state index in [0.29, 0.717) is 6.42 Å². The van der Waals surface area contributed by atoms with E-state index in [1.54, 1.807) is 0 Å². The number of amides is 1. The Morgan fingerprint density at radius 3 is 2.53 bits per heavy atom. The van der Waals surface area contributed by atoms with Crippen LogP contribution in [-0.4, -0.2) is 36.5 Å². The Hall–Kier alpha value is -1.08. The lowest BCUT2D eigenvalue weighted by molar-refractivity contribution is -0.122. The topological polar surface area (TPSA) is 56.1 Å². The summed E-state index contributed by atoms with van der Waals surface area (Å²) in [7, 11) is 0. The van der Waals surface area contributed by atoms with Gasteiger partial charge in [0.05, 0.1) is 11.5 Å². The molecule has 0 aromatic heterocycles. The lowest BCUT2D eigenvalue weighted by Gasteiger charge is -2.34. The third-order valence-electron chi connectivity index (χ3n) is 3.33. The van der Waals surface area contributed by atoms with Crippen molar-refractivity contribution in [1.29, 1.82) is 5.26 Å². The molecular weight excluding hydrogens is 214 g/mol. The molecule has 0 aromatic rings. The molecule has 1 fully saturated rings. The highest BCUT2D eigenvalue weighted by atomic mass is 16.1. The molecule has 0 aliphatic carbocycles. The zero-order valence-electron chi connectivity index (χ0n) is 11.1. The molecule has 1 N–H and O–H groups in total. The summed E-state index contributed by atoms with van der Waals surface area (Å²) >= 11 is 0. The van der Waals surface area contributed by atoms with Crippen molar-refractivity contribution in [3.05, 3.63) is 0 Å². The van der Waals surface area contributed by atoms with Crippen LogP contribution in [-0.2, 0) is 4.79 Å². The molecule has 1 aliphatic rings. The number of carbonyl (C=O) groups excluding carboxylic acids is 1. The van der Waals surface area contributed by atoms with E-state index in [1.165, 1.54) is 0 Å². The Balaban J connectivity index is 2.23. The number of piperidine rings is 1. The summed E-state index contributed by atoms with van der Waals surface area (Å²) in [4.78, 5) is 13.8. The highest BCUT2D eigenvalue weighted by molar-refractivity contribution is 5.76. The number of hydrogen-bond donors (Lipinski definition) is 1. The van der Waals surface area contributed by atoms with Gasteiger partial charge in [-0.3, -0.25) is 4.79 Å². The first-order valence-electron chi connectivity index (χ1n) is 6.38. The number of hydrogen-bond acceptors (Lipinski definition) is 3. The first-order chi connectivity index (χ1) is 7.95. The molecule has 0 spiro atoms. The van der Waals surface area contributed by atoms with E-state index in [4.69, 9.17) is 5.26 Å². The van der Waals surface area contributed by atoms with Gasteiger partial charge in [-0.05, 0) is 46.7 Å². The van der Waals surface area contributed by atoms with Gasteiger partial charge >= 0.3 is 0 Å². The number of nitrogens with one attached hydrogen (secondary N) is 1. The van der Waals surface area contributed by atoms with Crippen molar-refractivity contribution in [2.45, 2.75) is 46.1 Å². The van der Waals surface area contributed by atoms with Gasteiger partial charge in [-0.2, -0.15) is 5.26 Å². The van der Waals surface area contributed by atoms with E-state index in [2.05, 4.69) is 16.3 Å². The summed E-state index contributed by atoms with van der Waals surface area (Å²) in [6.07, 6.45) is 2.38. The van der Waals surface area contributed by atoms with E-state index < -0.39 is 0 Å². The molecular formula is C13H23N3O. The molecule has 0 radical (unpaired) electrons. The summed E-state index contributed by atoms with van der Waals surface area (Å²) in [5.74, 6) is 0.119. The van der Waals surface area contributed by atoms with E-state index in [9.17, 15) is 4.79 Å². The molecule has 1 heterocycles. The minimum Gasteiger partial charge on any atom is -0.354 e. The quantitative estimate of drug-likeness (QED) is 0.806. The van der Waals surface area contributed by atoms with Gasteiger partial charge in [-0.15, -0.1) is 0 Å². The average Bonchev–Trinajstić information content (AvgIpc) is 2.27. The van der Waals surface area contributed by atoms with Crippen LogP contribution in [0.3, 0.4) is 0 Å². The van der Waals surface area contributed by atoms with Crippen LogP contribution in [0.5, 0.6) is 0 Å². The standard InChI is InChI=1S/C13H23N3O/c1-11(2)15-12(17)4-7-16-8-5-13(3,10-14)6-9-16/h11H,4-9H2,1-3H3,(H,15,17). The average molecular weight is 237 g/mol. The highest BCUT2D eigenvalue weighted by Gasteiger charge is 2.29. The van der Waals surface area contributed by atoms with E-state index in [-0.39, 0.29) is 17.4 Å². The number of nitriles is 1. The Bertz CT molecular complexity index is 298. The van der Waals surface area contributed by atoms with E-state index >= 15 is 0 Å². The van der Waals surface area contributed by atoms with Crippen molar-refractivity contribution in [2.75, 3.05) is 19.6 Å². The van der Waals surface area contributed by atoms with Crippen molar-refractivity contribution in [3.8, 4) is 6.07 Å². The maximum atomic E-state index is 11.5. The SMILES string of the molecule is CC(C)NC(=O)CCN1CCC(C)(C#N)CC1.